The second-order valence-corrected chi connectivity index (χ2v) is 6.90. The van der Waals surface area contributed by atoms with Crippen LogP contribution in [0.4, 0.5) is 5.82 Å². The third-order valence-electron chi connectivity index (χ3n) is 3.81. The lowest BCUT2D eigenvalue weighted by atomic mass is 9.87. The predicted molar refractivity (Wildman–Crippen MR) is 79.7 cm³/mol. The van der Waals surface area contributed by atoms with Crippen LogP contribution >= 0.6 is 0 Å². The number of ether oxygens (including phenoxy) is 1. The van der Waals surface area contributed by atoms with E-state index >= 15 is 0 Å². The molecule has 8 heteroatoms. The summed E-state index contributed by atoms with van der Waals surface area (Å²) in [4.78, 5) is 8.05. The number of aromatic nitrogens is 4. The third kappa shape index (κ3) is 2.53. The smallest absolute Gasteiger partial charge is 0.181 e. The van der Waals surface area contributed by atoms with E-state index in [1.165, 1.54) is 17.2 Å². The van der Waals surface area contributed by atoms with Crippen molar-refractivity contribution in [1.29, 1.82) is 0 Å². The summed E-state index contributed by atoms with van der Waals surface area (Å²) in [7, 11) is 0. The number of aliphatic hydroxyl groups is 2. The Labute approximate surface area is 127 Å². The van der Waals surface area contributed by atoms with Gasteiger partial charge in [-0.25, -0.2) is 14.6 Å². The summed E-state index contributed by atoms with van der Waals surface area (Å²) >= 11 is 0. The highest BCUT2D eigenvalue weighted by Crippen LogP contribution is 2.36. The molecule has 1 saturated heterocycles. The number of fused-ring (bicyclic) bond motifs is 1. The minimum absolute atomic E-state index is 0.0287. The Morgan fingerprint density at radius 2 is 2.00 bits per heavy atom. The number of aliphatic hydroxyl groups excluding tert-OH is 2. The molecule has 22 heavy (non-hydrogen) atoms. The molecule has 0 amide bonds. The normalized spacial score (nSPS) is 29.3. The largest absolute Gasteiger partial charge is 0.388 e. The van der Waals surface area contributed by atoms with Crippen molar-refractivity contribution in [2.45, 2.75) is 51.7 Å². The number of hydrogen-bond acceptors (Lipinski definition) is 7. The second kappa shape index (κ2) is 5.15. The van der Waals surface area contributed by atoms with E-state index in [0.717, 1.165) is 0 Å². The number of anilines is 1. The molecule has 0 spiro atoms. The summed E-state index contributed by atoms with van der Waals surface area (Å²) < 4.78 is 7.30. The van der Waals surface area contributed by atoms with Crippen molar-refractivity contribution in [2.24, 2.45) is 5.41 Å². The van der Waals surface area contributed by atoms with E-state index < -0.39 is 24.5 Å². The van der Waals surface area contributed by atoms with Gasteiger partial charge in [0.25, 0.3) is 0 Å². The van der Waals surface area contributed by atoms with Gasteiger partial charge in [-0.3, -0.25) is 0 Å². The fourth-order valence-corrected chi connectivity index (χ4v) is 2.77. The predicted octanol–water partition coefficient (Wildman–Crippen LogP) is 0.464. The van der Waals surface area contributed by atoms with Gasteiger partial charge in [0, 0.05) is 0 Å². The van der Waals surface area contributed by atoms with Crippen molar-refractivity contribution < 1.29 is 14.9 Å². The van der Waals surface area contributed by atoms with E-state index in [1.807, 2.05) is 0 Å². The Morgan fingerprint density at radius 3 is 2.68 bits per heavy atom. The van der Waals surface area contributed by atoms with Gasteiger partial charge in [0.2, 0.25) is 0 Å². The molecule has 1 aliphatic rings. The number of hydrogen-bond donors (Lipinski definition) is 3. The molecule has 0 unspecified atom stereocenters. The number of nitrogen functional groups attached to an aromatic ring is 1. The van der Waals surface area contributed by atoms with E-state index in [1.54, 1.807) is 0 Å². The Balaban J connectivity index is 1.93. The van der Waals surface area contributed by atoms with E-state index in [9.17, 15) is 10.2 Å². The molecule has 4 N–H and O–H groups in total. The molecule has 3 rings (SSSR count). The Hall–Kier alpha value is -1.77. The van der Waals surface area contributed by atoms with Crippen molar-refractivity contribution >= 4 is 16.9 Å². The average molecular weight is 307 g/mol. The minimum atomic E-state index is -1.08. The van der Waals surface area contributed by atoms with E-state index in [2.05, 4.69) is 35.8 Å². The molecule has 0 aliphatic carbocycles. The van der Waals surface area contributed by atoms with Crippen molar-refractivity contribution in [2.75, 3.05) is 5.73 Å². The Kier molecular flexibility index (Phi) is 3.54. The molecule has 2 aromatic rings. The van der Waals surface area contributed by atoms with Crippen LogP contribution in [0, 0.1) is 5.41 Å². The summed E-state index contributed by atoms with van der Waals surface area (Å²) in [5.41, 5.74) is 6.23. The molecule has 1 aliphatic heterocycles. The van der Waals surface area contributed by atoms with Crippen LogP contribution in [0.3, 0.4) is 0 Å². The molecule has 0 bridgehead atoms. The van der Waals surface area contributed by atoms with Crippen LogP contribution in [0.25, 0.3) is 11.0 Å². The molecular weight excluding hydrogens is 286 g/mol. The summed E-state index contributed by atoms with van der Waals surface area (Å²) in [6.07, 6.45) is 0.185. The molecule has 4 atom stereocenters. The minimum Gasteiger partial charge on any atom is -0.388 e. The molecule has 2 aromatic heterocycles. The fraction of sp³-hybridized carbons (Fsp3) is 0.643. The lowest BCUT2D eigenvalue weighted by molar-refractivity contribution is -0.0517. The Bertz CT molecular complexity index is 681. The lowest BCUT2D eigenvalue weighted by Gasteiger charge is -2.24. The molecule has 0 aromatic carbocycles. The van der Waals surface area contributed by atoms with Gasteiger partial charge in [-0.05, 0) is 11.8 Å². The van der Waals surface area contributed by atoms with E-state index in [4.69, 9.17) is 10.5 Å². The SMILES string of the molecule is CC(C)(C)C[C@H]1O[C@@H](n2ncc3c(N)ncnc32)[C@H](O)[C@@H]1O. The second-order valence-electron chi connectivity index (χ2n) is 6.90. The monoisotopic (exact) mass is 307 g/mol. The first-order chi connectivity index (χ1) is 10.3. The maximum Gasteiger partial charge on any atom is 0.181 e. The summed E-state index contributed by atoms with van der Waals surface area (Å²) in [5, 5.41) is 25.3. The fourth-order valence-electron chi connectivity index (χ4n) is 2.77. The maximum absolute atomic E-state index is 10.3. The zero-order chi connectivity index (χ0) is 16.1. The lowest BCUT2D eigenvalue weighted by Crippen LogP contribution is -2.33. The number of nitrogens with zero attached hydrogens (tertiary/aromatic N) is 4. The van der Waals surface area contributed by atoms with Gasteiger partial charge in [-0.15, -0.1) is 0 Å². The van der Waals surface area contributed by atoms with Gasteiger partial charge < -0.3 is 20.7 Å². The van der Waals surface area contributed by atoms with Crippen LogP contribution in [0.5, 0.6) is 0 Å². The van der Waals surface area contributed by atoms with Gasteiger partial charge in [0.15, 0.2) is 11.9 Å². The standard InChI is InChI=1S/C14H21N5O3/c1-14(2,3)4-8-9(20)10(21)13(22-8)19-12-7(5-18-19)11(15)16-6-17-12/h5-6,8-10,13,20-21H,4H2,1-3H3,(H2,15,16,17)/t8-,9-,10-,13-/m1/s1. The van der Waals surface area contributed by atoms with Crippen LogP contribution in [0.1, 0.15) is 33.4 Å². The van der Waals surface area contributed by atoms with Crippen molar-refractivity contribution in [3.63, 3.8) is 0 Å². The third-order valence-corrected chi connectivity index (χ3v) is 3.81. The van der Waals surface area contributed by atoms with Gasteiger partial charge in [0.05, 0.1) is 17.7 Å². The number of rotatable bonds is 2. The molecule has 0 saturated carbocycles. The number of nitrogens with two attached hydrogens (primary N) is 1. The molecule has 0 radical (unpaired) electrons. The summed E-state index contributed by atoms with van der Waals surface area (Å²) in [5.74, 6) is 0.315. The quantitative estimate of drug-likeness (QED) is 0.737. The van der Waals surface area contributed by atoms with Gasteiger partial charge in [-0.1, -0.05) is 20.8 Å². The molecule has 1 fully saturated rings. The summed E-state index contributed by atoms with van der Waals surface area (Å²) in [6.45, 7) is 6.17. The van der Waals surface area contributed by atoms with Crippen LogP contribution in [-0.2, 0) is 4.74 Å². The highest BCUT2D eigenvalue weighted by atomic mass is 16.6. The Morgan fingerprint density at radius 1 is 1.27 bits per heavy atom. The van der Waals surface area contributed by atoms with Gasteiger partial charge in [0.1, 0.15) is 24.4 Å². The first-order valence-corrected chi connectivity index (χ1v) is 7.23. The first-order valence-electron chi connectivity index (χ1n) is 7.23. The van der Waals surface area contributed by atoms with Crippen LogP contribution in [0.2, 0.25) is 0 Å². The van der Waals surface area contributed by atoms with Gasteiger partial charge in [-0.2, -0.15) is 5.10 Å². The van der Waals surface area contributed by atoms with Crippen LogP contribution in [-0.4, -0.2) is 48.3 Å². The van der Waals surface area contributed by atoms with Crippen molar-refractivity contribution in [3.05, 3.63) is 12.5 Å². The summed E-state index contributed by atoms with van der Waals surface area (Å²) in [6, 6.07) is 0. The molecule has 120 valence electrons. The molecule has 8 nitrogen and oxygen atoms in total. The van der Waals surface area contributed by atoms with Crippen molar-refractivity contribution in [1.82, 2.24) is 19.7 Å². The molecular formula is C14H21N5O3. The highest BCUT2D eigenvalue weighted by Gasteiger charge is 2.45. The molecule has 3 heterocycles. The highest BCUT2D eigenvalue weighted by molar-refractivity contribution is 5.84. The van der Waals surface area contributed by atoms with E-state index in [-0.39, 0.29) is 5.41 Å². The average Bonchev–Trinajstić information content (AvgIpc) is 2.95. The van der Waals surface area contributed by atoms with E-state index in [0.29, 0.717) is 23.3 Å². The van der Waals surface area contributed by atoms with Crippen LogP contribution in [0.15, 0.2) is 12.5 Å². The maximum atomic E-state index is 10.3. The van der Waals surface area contributed by atoms with Crippen LogP contribution < -0.4 is 5.73 Å². The zero-order valence-electron chi connectivity index (χ0n) is 12.8. The zero-order valence-corrected chi connectivity index (χ0v) is 12.8. The van der Waals surface area contributed by atoms with Crippen molar-refractivity contribution in [3.8, 4) is 0 Å². The topological polar surface area (TPSA) is 119 Å². The van der Waals surface area contributed by atoms with Gasteiger partial charge >= 0.3 is 0 Å². The first kappa shape index (κ1) is 15.1.